The van der Waals surface area contributed by atoms with Crippen LogP contribution in [0.2, 0.25) is 0 Å². The summed E-state index contributed by atoms with van der Waals surface area (Å²) in [4.78, 5) is 0. The first-order valence-corrected chi connectivity index (χ1v) is 14.3. The molecule has 2 fully saturated rings. The molecule has 0 aromatic heterocycles. The highest BCUT2D eigenvalue weighted by molar-refractivity contribution is 5.39. The number of hydrogen-bond donors (Lipinski definition) is 0. The SMILES string of the molecule is C=CCCCC1CCC(C(C)(C)C2C3C=C(C(C)(C)C)C=CC3C3C=CC(C(C)(C)C)=CC32)C1. The van der Waals surface area contributed by atoms with Crippen LogP contribution < -0.4 is 0 Å². The molecule has 0 heterocycles. The van der Waals surface area contributed by atoms with E-state index in [1.165, 1.54) is 38.5 Å². The number of allylic oxidation sites excluding steroid dienone is 9. The third-order valence-corrected chi connectivity index (χ3v) is 10.1. The fraction of sp³-hybridized carbons (Fsp3) is 0.706. The maximum atomic E-state index is 3.93. The van der Waals surface area contributed by atoms with Crippen molar-refractivity contribution < 1.29 is 0 Å². The molecule has 4 aliphatic rings. The fourth-order valence-electron chi connectivity index (χ4n) is 7.97. The van der Waals surface area contributed by atoms with Gasteiger partial charge in [-0.15, -0.1) is 6.58 Å². The molecule has 0 aliphatic heterocycles. The van der Waals surface area contributed by atoms with E-state index in [9.17, 15) is 0 Å². The average molecular weight is 461 g/mol. The van der Waals surface area contributed by atoms with Crippen molar-refractivity contribution in [2.24, 2.45) is 57.7 Å². The number of rotatable bonds is 6. The standard InChI is InChI=1S/C34H52/c1-10-11-12-13-23-14-15-26(20-23)34(8,9)31-29-21-24(32(2,3)4)16-18-27(29)28-19-17-25(22-30(28)31)33(5,6)7/h10,16-19,21-23,26-31H,1,11-15,20H2,2-9H3. The third kappa shape index (κ3) is 4.85. The predicted molar refractivity (Wildman–Crippen MR) is 149 cm³/mol. The zero-order valence-corrected chi connectivity index (χ0v) is 23.5. The highest BCUT2D eigenvalue weighted by Crippen LogP contribution is 2.62. The Morgan fingerprint density at radius 2 is 1.32 bits per heavy atom. The van der Waals surface area contributed by atoms with Gasteiger partial charge < -0.3 is 0 Å². The fourth-order valence-corrected chi connectivity index (χ4v) is 7.97. The number of fused-ring (bicyclic) bond motifs is 3. The van der Waals surface area contributed by atoms with E-state index in [0.29, 0.717) is 35.0 Å². The van der Waals surface area contributed by atoms with Crippen LogP contribution in [0.4, 0.5) is 0 Å². The highest BCUT2D eigenvalue weighted by Gasteiger charge is 2.56. The van der Waals surface area contributed by atoms with Gasteiger partial charge in [-0.25, -0.2) is 0 Å². The van der Waals surface area contributed by atoms with Gasteiger partial charge in [0.2, 0.25) is 0 Å². The van der Waals surface area contributed by atoms with Gasteiger partial charge in [-0.1, -0.05) is 111 Å². The molecule has 0 radical (unpaired) electrons. The second kappa shape index (κ2) is 9.29. The minimum Gasteiger partial charge on any atom is -0.103 e. The van der Waals surface area contributed by atoms with Crippen LogP contribution in [0, 0.1) is 57.7 Å². The van der Waals surface area contributed by atoms with Crippen molar-refractivity contribution in [3.63, 3.8) is 0 Å². The first kappa shape index (κ1) is 25.8. The molecule has 0 aromatic rings. The van der Waals surface area contributed by atoms with Gasteiger partial charge in [-0.2, -0.15) is 0 Å². The molecule has 0 aromatic carbocycles. The van der Waals surface area contributed by atoms with Crippen molar-refractivity contribution in [3.8, 4) is 0 Å². The Morgan fingerprint density at radius 3 is 1.79 bits per heavy atom. The van der Waals surface area contributed by atoms with Gasteiger partial charge >= 0.3 is 0 Å². The van der Waals surface area contributed by atoms with E-state index in [0.717, 1.165) is 11.8 Å². The molecule has 4 rings (SSSR count). The van der Waals surface area contributed by atoms with Crippen LogP contribution in [0.25, 0.3) is 0 Å². The van der Waals surface area contributed by atoms with Gasteiger partial charge in [-0.05, 0) is 94.5 Å². The van der Waals surface area contributed by atoms with Gasteiger partial charge in [-0.3, -0.25) is 0 Å². The molecule has 0 heteroatoms. The van der Waals surface area contributed by atoms with E-state index in [2.05, 4.69) is 105 Å². The van der Waals surface area contributed by atoms with Crippen LogP contribution in [0.3, 0.4) is 0 Å². The average Bonchev–Trinajstić information content (AvgIpc) is 3.35. The summed E-state index contributed by atoms with van der Waals surface area (Å²) in [5.74, 6) is 5.10. The molecule has 0 amide bonds. The summed E-state index contributed by atoms with van der Waals surface area (Å²) in [6, 6.07) is 0. The Labute approximate surface area is 211 Å². The topological polar surface area (TPSA) is 0 Å². The van der Waals surface area contributed by atoms with E-state index in [1.54, 1.807) is 11.1 Å². The van der Waals surface area contributed by atoms with Crippen molar-refractivity contribution in [2.45, 2.75) is 93.9 Å². The summed E-state index contributed by atoms with van der Waals surface area (Å²) in [6.07, 6.45) is 25.9. The van der Waals surface area contributed by atoms with Crippen LogP contribution in [0.15, 0.2) is 60.3 Å². The van der Waals surface area contributed by atoms with Crippen LogP contribution >= 0.6 is 0 Å². The van der Waals surface area contributed by atoms with E-state index < -0.39 is 0 Å². The van der Waals surface area contributed by atoms with E-state index in [4.69, 9.17) is 0 Å². The molecule has 0 N–H and O–H groups in total. The largest absolute Gasteiger partial charge is 0.103 e. The Hall–Kier alpha value is -1.30. The minimum absolute atomic E-state index is 0.218. The molecule has 0 bridgehead atoms. The van der Waals surface area contributed by atoms with Crippen molar-refractivity contribution >= 4 is 0 Å². The quantitative estimate of drug-likeness (QED) is 0.273. The normalized spacial score (nSPS) is 35.6. The molecule has 188 valence electrons. The predicted octanol–water partition coefficient (Wildman–Crippen LogP) is 9.96. The Morgan fingerprint density at radius 1 is 0.794 bits per heavy atom. The first-order valence-electron chi connectivity index (χ1n) is 14.3. The van der Waals surface area contributed by atoms with Crippen LogP contribution in [-0.2, 0) is 0 Å². The van der Waals surface area contributed by atoms with Crippen LogP contribution in [0.5, 0.6) is 0 Å². The van der Waals surface area contributed by atoms with Crippen molar-refractivity contribution in [2.75, 3.05) is 0 Å². The highest BCUT2D eigenvalue weighted by atomic mass is 14.6. The monoisotopic (exact) mass is 460 g/mol. The molecule has 4 aliphatic carbocycles. The Balaban J connectivity index is 1.68. The first-order chi connectivity index (χ1) is 15.8. The van der Waals surface area contributed by atoms with Crippen LogP contribution in [0.1, 0.15) is 93.9 Å². The molecular weight excluding hydrogens is 408 g/mol. The lowest BCUT2D eigenvalue weighted by Crippen LogP contribution is -2.38. The minimum atomic E-state index is 0.218. The van der Waals surface area contributed by atoms with Gasteiger partial charge in [0, 0.05) is 0 Å². The Bertz CT molecular complexity index is 822. The lowest BCUT2D eigenvalue weighted by Gasteiger charge is -2.45. The number of hydrogen-bond acceptors (Lipinski definition) is 0. The molecule has 0 saturated heterocycles. The molecule has 2 saturated carbocycles. The molecule has 34 heavy (non-hydrogen) atoms. The lowest BCUT2D eigenvalue weighted by molar-refractivity contribution is 0.0714. The number of unbranched alkanes of at least 4 members (excludes halogenated alkanes) is 1. The zero-order chi connectivity index (χ0) is 24.9. The zero-order valence-electron chi connectivity index (χ0n) is 23.5. The molecule has 6 atom stereocenters. The van der Waals surface area contributed by atoms with Crippen molar-refractivity contribution in [1.82, 2.24) is 0 Å². The van der Waals surface area contributed by atoms with Crippen LogP contribution in [-0.4, -0.2) is 0 Å². The molecule has 0 nitrogen and oxygen atoms in total. The van der Waals surface area contributed by atoms with Gasteiger partial charge in [0.25, 0.3) is 0 Å². The summed E-state index contributed by atoms with van der Waals surface area (Å²) in [5, 5.41) is 0. The second-order valence-electron chi connectivity index (χ2n) is 14.7. The van der Waals surface area contributed by atoms with Gasteiger partial charge in [0.05, 0.1) is 0 Å². The summed E-state index contributed by atoms with van der Waals surface area (Å²) in [7, 11) is 0. The summed E-state index contributed by atoms with van der Waals surface area (Å²) in [6.45, 7) is 23.5. The van der Waals surface area contributed by atoms with E-state index >= 15 is 0 Å². The second-order valence-corrected chi connectivity index (χ2v) is 14.7. The third-order valence-electron chi connectivity index (χ3n) is 10.1. The summed E-state index contributed by atoms with van der Waals surface area (Å²) < 4.78 is 0. The maximum absolute atomic E-state index is 3.93. The lowest BCUT2D eigenvalue weighted by atomic mass is 9.60. The smallest absolute Gasteiger partial charge is 0.00952 e. The van der Waals surface area contributed by atoms with E-state index in [-0.39, 0.29) is 10.8 Å². The maximum Gasteiger partial charge on any atom is -0.00952 e. The van der Waals surface area contributed by atoms with Gasteiger partial charge in [0.1, 0.15) is 0 Å². The molecular formula is C34H52. The molecule has 0 spiro atoms. The Kier molecular flexibility index (Phi) is 7.05. The van der Waals surface area contributed by atoms with Crippen molar-refractivity contribution in [1.29, 1.82) is 0 Å². The summed E-state index contributed by atoms with van der Waals surface area (Å²) >= 11 is 0. The van der Waals surface area contributed by atoms with E-state index in [1.807, 2.05) is 0 Å². The summed E-state index contributed by atoms with van der Waals surface area (Å²) in [5.41, 5.74) is 3.88. The van der Waals surface area contributed by atoms with Gasteiger partial charge in [0.15, 0.2) is 0 Å². The molecule has 6 unspecified atom stereocenters. The van der Waals surface area contributed by atoms with Crippen molar-refractivity contribution in [3.05, 3.63) is 60.3 Å².